The van der Waals surface area contributed by atoms with Crippen LogP contribution in [-0.2, 0) is 5.41 Å². The molecule has 0 aliphatic carbocycles. The summed E-state index contributed by atoms with van der Waals surface area (Å²) in [4.78, 5) is 12.5. The van der Waals surface area contributed by atoms with Crippen molar-refractivity contribution in [2.75, 3.05) is 13.7 Å². The first-order valence-corrected chi connectivity index (χ1v) is 8.13. The van der Waals surface area contributed by atoms with Gasteiger partial charge in [-0.15, -0.1) is 0 Å². The van der Waals surface area contributed by atoms with E-state index < -0.39 is 0 Å². The highest BCUT2D eigenvalue weighted by atomic mass is 16.5. The van der Waals surface area contributed by atoms with Crippen LogP contribution in [0.4, 0.5) is 0 Å². The summed E-state index contributed by atoms with van der Waals surface area (Å²) < 4.78 is 5.27. The minimum absolute atomic E-state index is 0.0427. The van der Waals surface area contributed by atoms with Crippen LogP contribution in [0.1, 0.15) is 42.6 Å². The lowest BCUT2D eigenvalue weighted by atomic mass is 9.76. The monoisotopic (exact) mass is 311 g/mol. The van der Waals surface area contributed by atoms with E-state index in [1.807, 2.05) is 18.2 Å². The van der Waals surface area contributed by atoms with E-state index >= 15 is 0 Å². The van der Waals surface area contributed by atoms with E-state index in [0.717, 1.165) is 12.8 Å². The Morgan fingerprint density at radius 1 is 1.00 bits per heavy atom. The smallest absolute Gasteiger partial charge is 0.255 e. The molecule has 0 heterocycles. The van der Waals surface area contributed by atoms with Crippen LogP contribution in [0.15, 0.2) is 54.6 Å². The van der Waals surface area contributed by atoms with Gasteiger partial charge in [-0.3, -0.25) is 4.79 Å². The maximum absolute atomic E-state index is 12.5. The van der Waals surface area contributed by atoms with Gasteiger partial charge in [0.25, 0.3) is 5.91 Å². The van der Waals surface area contributed by atoms with E-state index in [2.05, 4.69) is 43.4 Å². The molecule has 0 aliphatic heterocycles. The van der Waals surface area contributed by atoms with Crippen LogP contribution in [-0.4, -0.2) is 19.6 Å². The maximum Gasteiger partial charge on any atom is 0.255 e. The Morgan fingerprint density at radius 3 is 2.22 bits per heavy atom. The summed E-state index contributed by atoms with van der Waals surface area (Å²) in [7, 11) is 1.58. The van der Waals surface area contributed by atoms with Crippen molar-refractivity contribution in [3.05, 3.63) is 65.7 Å². The van der Waals surface area contributed by atoms with Crippen molar-refractivity contribution in [3.8, 4) is 5.75 Å². The van der Waals surface area contributed by atoms with Crippen molar-refractivity contribution in [1.82, 2.24) is 5.32 Å². The summed E-state index contributed by atoms with van der Waals surface area (Å²) in [6, 6.07) is 17.7. The molecule has 0 fully saturated rings. The third-order valence-corrected chi connectivity index (χ3v) is 4.68. The minimum atomic E-state index is -0.0929. The van der Waals surface area contributed by atoms with Gasteiger partial charge >= 0.3 is 0 Å². The second kappa shape index (κ2) is 7.82. The van der Waals surface area contributed by atoms with Crippen LogP contribution in [0.3, 0.4) is 0 Å². The van der Waals surface area contributed by atoms with Crippen LogP contribution in [0, 0.1) is 0 Å². The second-order valence-corrected chi connectivity index (χ2v) is 5.74. The Kier molecular flexibility index (Phi) is 5.80. The largest absolute Gasteiger partial charge is 0.496 e. The first kappa shape index (κ1) is 17.1. The molecule has 0 saturated carbocycles. The Bertz CT molecular complexity index is 633. The van der Waals surface area contributed by atoms with Crippen molar-refractivity contribution >= 4 is 5.91 Å². The van der Waals surface area contributed by atoms with Gasteiger partial charge in [-0.1, -0.05) is 56.3 Å². The molecule has 3 heteroatoms. The topological polar surface area (TPSA) is 38.3 Å². The molecule has 0 unspecified atom stereocenters. The van der Waals surface area contributed by atoms with E-state index in [-0.39, 0.29) is 11.3 Å². The van der Waals surface area contributed by atoms with Crippen LogP contribution in [0.2, 0.25) is 0 Å². The quantitative estimate of drug-likeness (QED) is 0.833. The first-order valence-electron chi connectivity index (χ1n) is 8.13. The molecule has 1 N–H and O–H groups in total. The van der Waals surface area contributed by atoms with Crippen molar-refractivity contribution in [2.24, 2.45) is 0 Å². The molecule has 0 radical (unpaired) electrons. The molecule has 0 atom stereocenters. The SMILES string of the molecule is CCC(CC)(CNC(=O)c1ccccc1OC)c1ccccc1. The molecule has 2 aromatic carbocycles. The Hall–Kier alpha value is -2.29. The molecule has 2 aromatic rings. The van der Waals surface area contributed by atoms with Gasteiger partial charge in [0.05, 0.1) is 12.7 Å². The molecule has 0 spiro atoms. The lowest BCUT2D eigenvalue weighted by Gasteiger charge is -2.32. The van der Waals surface area contributed by atoms with Gasteiger partial charge in [0.1, 0.15) is 5.75 Å². The normalized spacial score (nSPS) is 11.1. The zero-order chi connectivity index (χ0) is 16.7. The Balaban J connectivity index is 2.18. The van der Waals surface area contributed by atoms with Gasteiger partial charge in [-0.2, -0.15) is 0 Å². The van der Waals surface area contributed by atoms with Crippen LogP contribution in [0.5, 0.6) is 5.75 Å². The fourth-order valence-corrected chi connectivity index (χ4v) is 2.98. The average molecular weight is 311 g/mol. The Morgan fingerprint density at radius 2 is 1.61 bits per heavy atom. The second-order valence-electron chi connectivity index (χ2n) is 5.74. The van der Waals surface area contributed by atoms with Crippen molar-refractivity contribution in [1.29, 1.82) is 0 Å². The molecule has 1 amide bonds. The van der Waals surface area contributed by atoms with Gasteiger partial charge in [0.2, 0.25) is 0 Å². The van der Waals surface area contributed by atoms with Crippen LogP contribution >= 0.6 is 0 Å². The number of carbonyl (C=O) groups is 1. The first-order chi connectivity index (χ1) is 11.2. The zero-order valence-electron chi connectivity index (χ0n) is 14.1. The number of para-hydroxylation sites is 1. The van der Waals surface area contributed by atoms with Gasteiger partial charge in [0.15, 0.2) is 0 Å². The van der Waals surface area contributed by atoms with Gasteiger partial charge < -0.3 is 10.1 Å². The van der Waals surface area contributed by atoms with Crippen LogP contribution in [0.25, 0.3) is 0 Å². The molecular formula is C20H25NO2. The molecule has 122 valence electrons. The molecule has 0 saturated heterocycles. The summed E-state index contributed by atoms with van der Waals surface area (Å²) in [5, 5.41) is 3.10. The predicted molar refractivity (Wildman–Crippen MR) is 94.0 cm³/mol. The maximum atomic E-state index is 12.5. The zero-order valence-corrected chi connectivity index (χ0v) is 14.1. The summed E-state index contributed by atoms with van der Waals surface area (Å²) in [5.41, 5.74) is 1.80. The fraction of sp³-hybridized carbons (Fsp3) is 0.350. The minimum Gasteiger partial charge on any atom is -0.496 e. The summed E-state index contributed by atoms with van der Waals surface area (Å²) in [6.07, 6.45) is 1.94. The van der Waals surface area contributed by atoms with Crippen molar-refractivity contribution < 1.29 is 9.53 Å². The van der Waals surface area contributed by atoms with E-state index in [1.54, 1.807) is 19.2 Å². The van der Waals surface area contributed by atoms with Crippen LogP contribution < -0.4 is 10.1 Å². The number of benzene rings is 2. The highest BCUT2D eigenvalue weighted by Crippen LogP contribution is 2.31. The lowest BCUT2D eigenvalue weighted by Crippen LogP contribution is -2.40. The number of hydrogen-bond acceptors (Lipinski definition) is 2. The molecule has 3 nitrogen and oxygen atoms in total. The third-order valence-electron chi connectivity index (χ3n) is 4.68. The molecular weight excluding hydrogens is 286 g/mol. The number of amides is 1. The number of rotatable bonds is 7. The molecule has 0 aliphatic rings. The number of ether oxygens (including phenoxy) is 1. The molecule has 0 bridgehead atoms. The molecule has 0 aromatic heterocycles. The predicted octanol–water partition coefficient (Wildman–Crippen LogP) is 4.18. The van der Waals surface area contributed by atoms with E-state index in [4.69, 9.17) is 4.74 Å². The number of nitrogens with one attached hydrogen (secondary N) is 1. The van der Waals surface area contributed by atoms with Crippen molar-refractivity contribution in [2.45, 2.75) is 32.1 Å². The third kappa shape index (κ3) is 3.73. The lowest BCUT2D eigenvalue weighted by molar-refractivity contribution is 0.0938. The highest BCUT2D eigenvalue weighted by molar-refractivity contribution is 5.96. The number of carbonyl (C=O) groups excluding carboxylic acids is 1. The average Bonchev–Trinajstić information content (AvgIpc) is 2.63. The van der Waals surface area contributed by atoms with Gasteiger partial charge in [-0.05, 0) is 30.5 Å². The summed E-state index contributed by atoms with van der Waals surface area (Å²) in [5.74, 6) is 0.507. The highest BCUT2D eigenvalue weighted by Gasteiger charge is 2.29. The fourth-order valence-electron chi connectivity index (χ4n) is 2.98. The Labute approximate surface area is 138 Å². The molecule has 2 rings (SSSR count). The van der Waals surface area contributed by atoms with E-state index in [9.17, 15) is 4.79 Å². The summed E-state index contributed by atoms with van der Waals surface area (Å²) in [6.45, 7) is 4.96. The summed E-state index contributed by atoms with van der Waals surface area (Å²) >= 11 is 0. The van der Waals surface area contributed by atoms with E-state index in [1.165, 1.54) is 5.56 Å². The number of methoxy groups -OCH3 is 1. The van der Waals surface area contributed by atoms with E-state index in [0.29, 0.717) is 17.9 Å². The number of hydrogen-bond donors (Lipinski definition) is 1. The van der Waals surface area contributed by atoms with Gasteiger partial charge in [-0.25, -0.2) is 0 Å². The van der Waals surface area contributed by atoms with Gasteiger partial charge in [0, 0.05) is 12.0 Å². The molecule has 23 heavy (non-hydrogen) atoms. The van der Waals surface area contributed by atoms with Crippen molar-refractivity contribution in [3.63, 3.8) is 0 Å². The standard InChI is InChI=1S/C20H25NO2/c1-4-20(5-2,16-11-7-6-8-12-16)15-21-19(22)17-13-9-10-14-18(17)23-3/h6-14H,4-5,15H2,1-3H3,(H,21,22).